The molecule has 0 fully saturated rings. The van der Waals surface area contributed by atoms with Crippen molar-refractivity contribution in [2.24, 2.45) is 0 Å². The standard InChI is InChI=1S/C25H23N3O4S/c1-17-7-6-10-20(15-17)28(2)25(30)24(18-8-4-3-5-9-18)27-33(31,32)21-12-13-22-19(16-21)11-14-23(29)26-22/h3-16,24H,1-2H3,(H,26,29)(H,27,31,32)/p+1. The summed E-state index contributed by atoms with van der Waals surface area (Å²) in [7, 11) is -2.18. The molecule has 0 saturated carbocycles. The van der Waals surface area contributed by atoms with Gasteiger partial charge in [0.05, 0.1) is 0 Å². The predicted molar refractivity (Wildman–Crippen MR) is 130 cm³/mol. The molecule has 4 aromatic rings. The number of benzene rings is 3. The van der Waals surface area contributed by atoms with Gasteiger partial charge >= 0.3 is 10.0 Å². The van der Waals surface area contributed by atoms with Gasteiger partial charge in [-0.2, -0.15) is 8.93 Å². The number of likely N-dealkylation sites (N-methyl/N-ethyl adjacent to an activating group) is 1. The van der Waals surface area contributed by atoms with E-state index in [1.807, 2.05) is 37.3 Å². The molecule has 0 spiro atoms. The van der Waals surface area contributed by atoms with Crippen LogP contribution < -0.4 is 15.2 Å². The Balaban J connectivity index is 1.71. The molecule has 3 aromatic carbocycles. The molecule has 0 radical (unpaired) electrons. The highest BCUT2D eigenvalue weighted by atomic mass is 32.2. The van der Waals surface area contributed by atoms with Crippen molar-refractivity contribution in [3.8, 4) is 0 Å². The molecule has 8 heteroatoms. The largest absolute Gasteiger partial charge is 0.374 e. The fraction of sp³-hybridized carbons (Fsp3) is 0.120. The van der Waals surface area contributed by atoms with E-state index in [1.165, 1.54) is 23.1 Å². The molecular formula is C25H24N3O4S+. The van der Waals surface area contributed by atoms with Gasteiger partial charge in [-0.15, -0.1) is 0 Å². The lowest BCUT2D eigenvalue weighted by atomic mass is 10.1. The van der Waals surface area contributed by atoms with Crippen molar-refractivity contribution < 1.29 is 13.2 Å². The highest BCUT2D eigenvalue weighted by Crippen LogP contribution is 2.24. The number of aromatic amines is 1. The van der Waals surface area contributed by atoms with E-state index in [0.717, 1.165) is 5.56 Å². The topological polar surface area (TPSA) is 104 Å². The monoisotopic (exact) mass is 462 g/mol. The second kappa shape index (κ2) is 9.01. The number of carbonyl (C=O) groups is 1. The first-order chi connectivity index (χ1) is 15.7. The minimum Gasteiger partial charge on any atom is -0.322 e. The van der Waals surface area contributed by atoms with Crippen LogP contribution in [0.1, 0.15) is 17.2 Å². The van der Waals surface area contributed by atoms with Crippen LogP contribution in [0.3, 0.4) is 0 Å². The Labute approximate surface area is 191 Å². The first kappa shape index (κ1) is 22.4. The summed E-state index contributed by atoms with van der Waals surface area (Å²) in [5, 5.41) is 0.607. The quantitative estimate of drug-likeness (QED) is 0.427. The molecule has 0 aliphatic heterocycles. The lowest BCUT2D eigenvalue weighted by Gasteiger charge is -2.24. The lowest BCUT2D eigenvalue weighted by molar-refractivity contribution is -0.120. The summed E-state index contributed by atoms with van der Waals surface area (Å²) in [6.45, 7) is 1.93. The van der Waals surface area contributed by atoms with E-state index in [9.17, 15) is 18.0 Å². The fourth-order valence-electron chi connectivity index (χ4n) is 3.60. The zero-order valence-corrected chi connectivity index (χ0v) is 19.0. The SMILES string of the molecule is Cc1cccc(N(C)C(=O)C(NS(=O)(=[OH+])c2ccc3[nH]c(=O)ccc3c2)c2ccccc2)c1. The summed E-state index contributed by atoms with van der Waals surface area (Å²) < 4.78 is 27.0. The Bertz CT molecular complexity index is 1480. The molecule has 0 saturated heterocycles. The van der Waals surface area contributed by atoms with Gasteiger partial charge < -0.3 is 9.88 Å². The van der Waals surface area contributed by atoms with Crippen LogP contribution in [0.15, 0.2) is 94.6 Å². The first-order valence-corrected chi connectivity index (χ1v) is 11.8. The van der Waals surface area contributed by atoms with E-state index in [2.05, 4.69) is 9.71 Å². The molecule has 4 rings (SSSR count). The average molecular weight is 463 g/mol. The van der Waals surface area contributed by atoms with Gasteiger partial charge in [-0.25, -0.2) is 4.21 Å². The first-order valence-electron chi connectivity index (χ1n) is 10.3. The zero-order chi connectivity index (χ0) is 23.6. The molecule has 1 aromatic heterocycles. The number of carbonyl (C=O) groups excluding carboxylic acids is 1. The maximum Gasteiger partial charge on any atom is 0.374 e. The molecule has 7 nitrogen and oxygen atoms in total. The van der Waals surface area contributed by atoms with Gasteiger partial charge in [-0.3, -0.25) is 9.59 Å². The summed E-state index contributed by atoms with van der Waals surface area (Å²) >= 11 is 0. The number of pyridine rings is 1. The molecule has 33 heavy (non-hydrogen) atoms. The van der Waals surface area contributed by atoms with Crippen molar-refractivity contribution in [1.29, 1.82) is 0 Å². The van der Waals surface area contributed by atoms with E-state index in [4.69, 9.17) is 0 Å². The van der Waals surface area contributed by atoms with Crippen LogP contribution in [0.25, 0.3) is 10.9 Å². The highest BCUT2D eigenvalue weighted by Gasteiger charge is 2.33. The predicted octanol–water partition coefficient (Wildman–Crippen LogP) is 3.68. The Kier molecular flexibility index (Phi) is 6.13. The summed E-state index contributed by atoms with van der Waals surface area (Å²) in [5.41, 5.74) is 2.54. The average Bonchev–Trinajstić information content (AvgIpc) is 2.82. The summed E-state index contributed by atoms with van der Waals surface area (Å²) in [6.07, 6.45) is 0. The normalized spacial score (nSPS) is 13.9. The van der Waals surface area contributed by atoms with Gasteiger partial charge in [-0.05, 0) is 59.8 Å². The number of fused-ring (bicyclic) bond motifs is 1. The van der Waals surface area contributed by atoms with Gasteiger partial charge in [0.1, 0.15) is 10.9 Å². The lowest BCUT2D eigenvalue weighted by Crippen LogP contribution is -2.41. The molecule has 2 unspecified atom stereocenters. The van der Waals surface area contributed by atoms with Crippen molar-refractivity contribution in [1.82, 2.24) is 9.71 Å². The highest BCUT2D eigenvalue weighted by molar-refractivity contribution is 7.89. The number of H-pyrrole nitrogens is 1. The second-order valence-electron chi connectivity index (χ2n) is 7.80. The van der Waals surface area contributed by atoms with Crippen LogP contribution in [-0.2, 0) is 14.8 Å². The molecule has 0 bridgehead atoms. The molecule has 2 atom stereocenters. The van der Waals surface area contributed by atoms with Crippen molar-refractivity contribution in [3.63, 3.8) is 0 Å². The van der Waals surface area contributed by atoms with Gasteiger partial charge in [0, 0.05) is 24.3 Å². The number of anilines is 1. The summed E-state index contributed by atoms with van der Waals surface area (Å²) in [6, 6.07) is 22.7. The van der Waals surface area contributed by atoms with E-state index in [0.29, 0.717) is 22.2 Å². The van der Waals surface area contributed by atoms with Crippen LogP contribution in [0.4, 0.5) is 5.69 Å². The molecule has 0 aliphatic rings. The van der Waals surface area contributed by atoms with Crippen molar-refractivity contribution >= 4 is 32.5 Å². The number of rotatable bonds is 6. The Hall–Kier alpha value is -3.75. The third-order valence-corrected chi connectivity index (χ3v) is 6.84. The number of amides is 1. The van der Waals surface area contributed by atoms with Crippen LogP contribution in [0.5, 0.6) is 0 Å². The van der Waals surface area contributed by atoms with Crippen LogP contribution in [-0.4, -0.2) is 26.4 Å². The number of hydrogen-bond acceptors (Lipinski definition) is 3. The van der Waals surface area contributed by atoms with Crippen molar-refractivity contribution in [2.75, 3.05) is 11.9 Å². The van der Waals surface area contributed by atoms with Gasteiger partial charge in [0.2, 0.25) is 11.5 Å². The third-order valence-electron chi connectivity index (χ3n) is 5.39. The van der Waals surface area contributed by atoms with Crippen LogP contribution in [0.2, 0.25) is 0 Å². The molecule has 3 N–H and O–H groups in total. The molecule has 1 amide bonds. The Morgan fingerprint density at radius 1 is 1.00 bits per heavy atom. The molecule has 168 valence electrons. The number of aryl methyl sites for hydroxylation is 1. The maximum atomic E-state index is 13.5. The van der Waals surface area contributed by atoms with E-state index < -0.39 is 16.1 Å². The van der Waals surface area contributed by atoms with Crippen LogP contribution in [0, 0.1) is 6.92 Å². The fourth-order valence-corrected chi connectivity index (χ4v) is 4.83. The molecule has 0 aliphatic carbocycles. The van der Waals surface area contributed by atoms with Gasteiger partial charge in [0.25, 0.3) is 0 Å². The Morgan fingerprint density at radius 3 is 2.48 bits per heavy atom. The van der Waals surface area contributed by atoms with Crippen molar-refractivity contribution in [3.05, 3.63) is 106 Å². The second-order valence-corrected chi connectivity index (χ2v) is 9.55. The van der Waals surface area contributed by atoms with Gasteiger partial charge in [-0.1, -0.05) is 42.5 Å². The maximum absolute atomic E-state index is 13.5. The third kappa shape index (κ3) is 4.87. The molecule has 1 heterocycles. The van der Waals surface area contributed by atoms with Gasteiger partial charge in [0.15, 0.2) is 0 Å². The molecular weight excluding hydrogens is 438 g/mol. The van der Waals surface area contributed by atoms with Crippen LogP contribution >= 0.6 is 0 Å². The number of nitrogens with one attached hydrogen (secondary N) is 2. The van der Waals surface area contributed by atoms with E-state index in [1.54, 1.807) is 43.4 Å². The van der Waals surface area contributed by atoms with Crippen molar-refractivity contribution in [2.45, 2.75) is 17.9 Å². The van der Waals surface area contributed by atoms with E-state index in [-0.39, 0.29) is 16.4 Å². The minimum absolute atomic E-state index is 0.106. The van der Waals surface area contributed by atoms with E-state index >= 15 is 0 Å². The number of aromatic nitrogens is 1. The number of hydrogen-bond donors (Lipinski definition) is 2. The summed E-state index contributed by atoms with van der Waals surface area (Å²) in [4.78, 5) is 29.3. The Morgan fingerprint density at radius 2 is 1.76 bits per heavy atom. The smallest absolute Gasteiger partial charge is 0.322 e. The summed E-state index contributed by atoms with van der Waals surface area (Å²) in [5.74, 6) is -0.376. The number of nitrogens with zero attached hydrogens (tertiary/aromatic N) is 1. The minimum atomic E-state index is -3.82. The zero-order valence-electron chi connectivity index (χ0n) is 18.2.